The van der Waals surface area contributed by atoms with Crippen molar-refractivity contribution in [2.75, 3.05) is 6.54 Å². The molecule has 3 nitrogen and oxygen atoms in total. The molecule has 2 heterocycles. The maximum absolute atomic E-state index is 14.3. The molecule has 22 heavy (non-hydrogen) atoms. The summed E-state index contributed by atoms with van der Waals surface area (Å²) in [5, 5.41) is 0. The number of rotatable bonds is 1. The fraction of sp³-hybridized carbons (Fsp3) is 0.294. The first-order chi connectivity index (χ1) is 10.6. The topological polar surface area (TPSA) is 34.5 Å². The van der Waals surface area contributed by atoms with Gasteiger partial charge in [-0.15, -0.1) is 0 Å². The molecule has 0 bridgehead atoms. The molecule has 4 rings (SSSR count). The monoisotopic (exact) mass is 360 g/mol. The Labute approximate surface area is 136 Å². The van der Waals surface area contributed by atoms with Gasteiger partial charge in [-0.1, -0.05) is 6.07 Å². The van der Waals surface area contributed by atoms with Crippen molar-refractivity contribution in [3.63, 3.8) is 0 Å². The van der Waals surface area contributed by atoms with E-state index in [2.05, 4.69) is 20.9 Å². The lowest BCUT2D eigenvalue weighted by Crippen LogP contribution is -2.21. The fourth-order valence-corrected chi connectivity index (χ4v) is 2.99. The van der Waals surface area contributed by atoms with E-state index < -0.39 is 0 Å². The molecule has 0 amide bonds. The minimum absolute atomic E-state index is 0.311. The molecule has 1 spiro atoms. The van der Waals surface area contributed by atoms with E-state index in [1.807, 2.05) is 19.1 Å². The highest BCUT2D eigenvalue weighted by atomic mass is 79.9. The number of pyridine rings is 1. The van der Waals surface area contributed by atoms with Crippen LogP contribution in [0.4, 0.5) is 4.39 Å². The molecule has 1 aromatic heterocycles. The molecule has 1 fully saturated rings. The highest BCUT2D eigenvalue weighted by molar-refractivity contribution is 9.10. The van der Waals surface area contributed by atoms with Crippen LogP contribution in [0.2, 0.25) is 0 Å². The molecule has 1 aliphatic carbocycles. The molecule has 5 heteroatoms. The number of ether oxygens (including phenoxy) is 1. The lowest BCUT2D eigenvalue weighted by molar-refractivity contribution is 0.182. The molecule has 0 radical (unpaired) electrons. The third-order valence-corrected chi connectivity index (χ3v) is 4.97. The molecular formula is C17H14BrFN2O. The van der Waals surface area contributed by atoms with Crippen LogP contribution in [0.15, 0.2) is 39.9 Å². The van der Waals surface area contributed by atoms with Gasteiger partial charge >= 0.3 is 0 Å². The summed E-state index contributed by atoms with van der Waals surface area (Å²) in [6, 6.07) is 6.95. The second kappa shape index (κ2) is 4.88. The Bertz CT molecular complexity index is 799. The average Bonchev–Trinajstić information content (AvgIpc) is 3.28. The van der Waals surface area contributed by atoms with Crippen molar-refractivity contribution in [3.8, 4) is 5.75 Å². The van der Waals surface area contributed by atoms with Crippen molar-refractivity contribution in [3.05, 3.63) is 57.6 Å². The first kappa shape index (κ1) is 13.9. The van der Waals surface area contributed by atoms with Crippen LogP contribution in [-0.4, -0.2) is 22.8 Å². The molecule has 0 unspecified atom stereocenters. The van der Waals surface area contributed by atoms with E-state index in [1.165, 1.54) is 6.07 Å². The van der Waals surface area contributed by atoms with Crippen LogP contribution in [0, 0.1) is 12.7 Å². The minimum Gasteiger partial charge on any atom is -0.482 e. The Hall–Kier alpha value is -1.75. The van der Waals surface area contributed by atoms with Gasteiger partial charge in [0.15, 0.2) is 11.6 Å². The van der Waals surface area contributed by atoms with Crippen molar-refractivity contribution in [2.24, 2.45) is 4.99 Å². The number of hydrogen-bond donors (Lipinski definition) is 0. The van der Waals surface area contributed by atoms with Gasteiger partial charge in [-0.25, -0.2) is 4.39 Å². The lowest BCUT2D eigenvalue weighted by atomic mass is 10.0. The Morgan fingerprint density at radius 1 is 1.32 bits per heavy atom. The second-order valence-electron chi connectivity index (χ2n) is 5.86. The average molecular weight is 361 g/mol. The fourth-order valence-electron chi connectivity index (χ4n) is 2.64. The van der Waals surface area contributed by atoms with Crippen LogP contribution < -0.4 is 4.74 Å². The number of aromatic nitrogens is 1. The molecule has 1 aromatic carbocycles. The molecule has 0 atom stereocenters. The zero-order valence-corrected chi connectivity index (χ0v) is 13.7. The van der Waals surface area contributed by atoms with Crippen molar-refractivity contribution < 1.29 is 9.13 Å². The lowest BCUT2D eigenvalue weighted by Gasteiger charge is -2.15. The predicted molar refractivity (Wildman–Crippen MR) is 86.2 cm³/mol. The number of aryl methyl sites for hydroxylation is 1. The quantitative estimate of drug-likeness (QED) is 0.768. The van der Waals surface area contributed by atoms with Gasteiger partial charge in [-0.05, 0) is 53.9 Å². The van der Waals surface area contributed by atoms with Crippen molar-refractivity contribution in [1.29, 1.82) is 0 Å². The van der Waals surface area contributed by atoms with E-state index in [0.29, 0.717) is 17.9 Å². The second-order valence-corrected chi connectivity index (χ2v) is 6.71. The Balaban J connectivity index is 1.90. The van der Waals surface area contributed by atoms with Crippen molar-refractivity contribution >= 4 is 21.6 Å². The Kier molecular flexibility index (Phi) is 3.08. The highest BCUT2D eigenvalue weighted by Gasteiger charge is 2.47. The summed E-state index contributed by atoms with van der Waals surface area (Å²) in [4.78, 5) is 9.10. The smallest absolute Gasteiger partial charge is 0.165 e. The predicted octanol–water partition coefficient (Wildman–Crippen LogP) is 4.05. The van der Waals surface area contributed by atoms with Gasteiger partial charge < -0.3 is 4.74 Å². The summed E-state index contributed by atoms with van der Waals surface area (Å²) >= 11 is 3.50. The number of aliphatic imine (C=N–C) groups is 1. The molecular weight excluding hydrogens is 347 g/mol. The van der Waals surface area contributed by atoms with E-state index in [4.69, 9.17) is 9.73 Å². The first-order valence-corrected chi connectivity index (χ1v) is 8.02. The normalized spacial score (nSPS) is 18.2. The summed E-state index contributed by atoms with van der Waals surface area (Å²) in [7, 11) is 0. The van der Waals surface area contributed by atoms with Gasteiger partial charge in [0.1, 0.15) is 5.60 Å². The van der Waals surface area contributed by atoms with Gasteiger partial charge in [0.25, 0.3) is 0 Å². The SMILES string of the molecule is Cc1ncc(C2=NCC3(CC3)Oc3c(F)cccc32)cc1Br. The maximum Gasteiger partial charge on any atom is 0.165 e. The molecule has 2 aliphatic rings. The Morgan fingerprint density at radius 2 is 2.14 bits per heavy atom. The van der Waals surface area contributed by atoms with Crippen LogP contribution in [0.5, 0.6) is 5.75 Å². The van der Waals surface area contributed by atoms with Crippen molar-refractivity contribution in [1.82, 2.24) is 4.98 Å². The number of hydrogen-bond acceptors (Lipinski definition) is 3. The third-order valence-electron chi connectivity index (χ3n) is 4.17. The summed E-state index contributed by atoms with van der Waals surface area (Å²) < 4.78 is 21.1. The molecule has 112 valence electrons. The van der Waals surface area contributed by atoms with E-state index in [-0.39, 0.29) is 11.4 Å². The minimum atomic E-state index is -0.336. The summed E-state index contributed by atoms with van der Waals surface area (Å²) in [6.07, 6.45) is 3.62. The summed E-state index contributed by atoms with van der Waals surface area (Å²) in [5.74, 6) is -0.0227. The van der Waals surface area contributed by atoms with E-state index in [1.54, 1.807) is 12.3 Å². The van der Waals surface area contributed by atoms with Crippen LogP contribution in [0.25, 0.3) is 0 Å². The van der Waals surface area contributed by atoms with E-state index in [0.717, 1.165) is 34.3 Å². The highest BCUT2D eigenvalue weighted by Crippen LogP contribution is 2.44. The number of halogens is 2. The molecule has 0 N–H and O–H groups in total. The zero-order chi connectivity index (χ0) is 15.3. The zero-order valence-electron chi connectivity index (χ0n) is 12.1. The Morgan fingerprint density at radius 3 is 2.86 bits per heavy atom. The first-order valence-electron chi connectivity index (χ1n) is 7.23. The molecule has 1 aliphatic heterocycles. The summed E-state index contributed by atoms with van der Waals surface area (Å²) in [6.45, 7) is 2.49. The number of benzene rings is 1. The van der Waals surface area contributed by atoms with Gasteiger partial charge in [0.05, 0.1) is 18.0 Å². The van der Waals surface area contributed by atoms with Gasteiger partial charge in [0.2, 0.25) is 0 Å². The number of fused-ring (bicyclic) bond motifs is 1. The number of para-hydroxylation sites is 1. The van der Waals surface area contributed by atoms with Gasteiger partial charge in [-0.2, -0.15) is 0 Å². The maximum atomic E-state index is 14.3. The number of nitrogens with zero attached hydrogens (tertiary/aromatic N) is 2. The third kappa shape index (κ3) is 2.24. The largest absolute Gasteiger partial charge is 0.482 e. The molecule has 1 saturated carbocycles. The molecule has 2 aromatic rings. The standard InChI is InChI=1S/C17H14BrFN2O/c1-10-13(18)7-11(8-20-10)15-12-3-2-4-14(19)16(12)22-17(5-6-17)9-21-15/h2-4,7-8H,5-6,9H2,1H3. The van der Waals surface area contributed by atoms with Crippen LogP contribution in [0.1, 0.15) is 29.7 Å². The van der Waals surface area contributed by atoms with E-state index in [9.17, 15) is 4.39 Å². The van der Waals surface area contributed by atoms with Crippen molar-refractivity contribution in [2.45, 2.75) is 25.4 Å². The van der Waals surface area contributed by atoms with Crippen LogP contribution in [-0.2, 0) is 0 Å². The van der Waals surface area contributed by atoms with Crippen LogP contribution in [0.3, 0.4) is 0 Å². The van der Waals surface area contributed by atoms with E-state index >= 15 is 0 Å². The molecule has 0 saturated heterocycles. The van der Waals surface area contributed by atoms with Crippen LogP contribution >= 0.6 is 15.9 Å². The van der Waals surface area contributed by atoms with Gasteiger partial charge in [0, 0.05) is 21.8 Å². The van der Waals surface area contributed by atoms with Gasteiger partial charge in [-0.3, -0.25) is 9.98 Å². The summed E-state index contributed by atoms with van der Waals surface area (Å²) in [5.41, 5.74) is 2.90.